The Hall–Kier alpha value is -0.970. The van der Waals surface area contributed by atoms with E-state index in [2.05, 4.69) is 5.48 Å². The third-order valence-electron chi connectivity index (χ3n) is 2.77. The summed E-state index contributed by atoms with van der Waals surface area (Å²) in [5.41, 5.74) is 2.84. The molecule has 0 aromatic heterocycles. The van der Waals surface area contributed by atoms with Gasteiger partial charge in [-0.25, -0.2) is 5.48 Å². The Morgan fingerprint density at radius 2 is 2.18 bits per heavy atom. The Morgan fingerprint density at radius 1 is 1.41 bits per heavy atom. The van der Waals surface area contributed by atoms with Gasteiger partial charge in [0.1, 0.15) is 0 Å². The van der Waals surface area contributed by atoms with E-state index in [1.54, 1.807) is 19.2 Å². The van der Waals surface area contributed by atoms with Gasteiger partial charge in [0, 0.05) is 17.6 Å². The molecule has 17 heavy (non-hydrogen) atoms. The van der Waals surface area contributed by atoms with Crippen LogP contribution in [0.3, 0.4) is 0 Å². The molecule has 2 N–H and O–H groups in total. The van der Waals surface area contributed by atoms with Gasteiger partial charge in [0.25, 0.3) is 0 Å². The molecule has 1 aromatic carbocycles. The standard InChI is InChI=1S/C12H16ClNO3/c1-16-11-4-9(6-14-15)10(13)5-12(11)17-7-8-2-3-8/h4-5,8,14-15H,2-3,6-7H2,1H3. The van der Waals surface area contributed by atoms with Crippen LogP contribution in [0.4, 0.5) is 0 Å². The molecule has 0 radical (unpaired) electrons. The SMILES string of the molecule is COc1cc(CNO)c(Cl)cc1OCC1CC1. The fraction of sp³-hybridized carbons (Fsp3) is 0.500. The summed E-state index contributed by atoms with van der Waals surface area (Å²) in [6.07, 6.45) is 2.48. The lowest BCUT2D eigenvalue weighted by Gasteiger charge is -2.13. The van der Waals surface area contributed by atoms with Crippen molar-refractivity contribution < 1.29 is 14.7 Å². The van der Waals surface area contributed by atoms with Crippen molar-refractivity contribution in [2.45, 2.75) is 19.4 Å². The van der Waals surface area contributed by atoms with E-state index in [1.807, 2.05) is 0 Å². The highest BCUT2D eigenvalue weighted by Crippen LogP contribution is 2.36. The fourth-order valence-electron chi connectivity index (χ4n) is 1.56. The molecule has 2 rings (SSSR count). The highest BCUT2D eigenvalue weighted by atomic mass is 35.5. The maximum atomic E-state index is 8.68. The first-order valence-corrected chi connectivity index (χ1v) is 5.98. The summed E-state index contributed by atoms with van der Waals surface area (Å²) in [4.78, 5) is 0. The lowest BCUT2D eigenvalue weighted by Crippen LogP contribution is -2.08. The van der Waals surface area contributed by atoms with Crippen molar-refractivity contribution in [2.75, 3.05) is 13.7 Å². The van der Waals surface area contributed by atoms with Crippen LogP contribution in [-0.2, 0) is 6.54 Å². The van der Waals surface area contributed by atoms with E-state index in [1.165, 1.54) is 12.8 Å². The highest BCUT2D eigenvalue weighted by Gasteiger charge is 2.22. The van der Waals surface area contributed by atoms with Crippen molar-refractivity contribution >= 4 is 11.6 Å². The molecular weight excluding hydrogens is 242 g/mol. The molecule has 0 bridgehead atoms. The van der Waals surface area contributed by atoms with Gasteiger partial charge in [0.2, 0.25) is 0 Å². The average Bonchev–Trinajstić information content (AvgIpc) is 3.13. The van der Waals surface area contributed by atoms with Crippen molar-refractivity contribution in [3.8, 4) is 11.5 Å². The number of benzene rings is 1. The maximum Gasteiger partial charge on any atom is 0.162 e. The highest BCUT2D eigenvalue weighted by molar-refractivity contribution is 6.31. The number of methoxy groups -OCH3 is 1. The van der Waals surface area contributed by atoms with Crippen LogP contribution >= 0.6 is 11.6 Å². The Labute approximate surface area is 105 Å². The molecule has 0 amide bonds. The summed E-state index contributed by atoms with van der Waals surface area (Å²) in [5.74, 6) is 1.98. The second kappa shape index (κ2) is 5.58. The first-order chi connectivity index (χ1) is 8.24. The predicted molar refractivity (Wildman–Crippen MR) is 64.8 cm³/mol. The lowest BCUT2D eigenvalue weighted by atomic mass is 10.2. The molecule has 0 aliphatic heterocycles. The van der Waals surface area contributed by atoms with Crippen molar-refractivity contribution in [1.29, 1.82) is 0 Å². The molecule has 0 heterocycles. The second-order valence-electron chi connectivity index (χ2n) is 4.18. The van der Waals surface area contributed by atoms with Gasteiger partial charge in [-0.2, -0.15) is 0 Å². The third-order valence-corrected chi connectivity index (χ3v) is 3.13. The number of rotatable bonds is 6. The number of halogens is 1. The molecular formula is C12H16ClNO3. The largest absolute Gasteiger partial charge is 0.493 e. The summed E-state index contributed by atoms with van der Waals surface area (Å²) < 4.78 is 10.9. The van der Waals surface area contributed by atoms with Crippen LogP contribution in [0.2, 0.25) is 5.02 Å². The van der Waals surface area contributed by atoms with E-state index in [-0.39, 0.29) is 6.54 Å². The first-order valence-electron chi connectivity index (χ1n) is 5.60. The molecule has 5 heteroatoms. The Morgan fingerprint density at radius 3 is 2.76 bits per heavy atom. The van der Waals surface area contributed by atoms with Gasteiger partial charge < -0.3 is 14.7 Å². The number of ether oxygens (including phenoxy) is 2. The minimum Gasteiger partial charge on any atom is -0.493 e. The zero-order chi connectivity index (χ0) is 12.3. The molecule has 1 saturated carbocycles. The monoisotopic (exact) mass is 257 g/mol. The van der Waals surface area contributed by atoms with Gasteiger partial charge in [0.15, 0.2) is 11.5 Å². The topological polar surface area (TPSA) is 50.7 Å². The number of hydrogen-bond donors (Lipinski definition) is 2. The molecule has 0 spiro atoms. The predicted octanol–water partition coefficient (Wildman–Crippen LogP) is 2.62. The normalized spacial score (nSPS) is 14.8. The van der Waals surface area contributed by atoms with Gasteiger partial charge in [-0.15, -0.1) is 0 Å². The molecule has 1 fully saturated rings. The van der Waals surface area contributed by atoms with Crippen LogP contribution in [0, 0.1) is 5.92 Å². The molecule has 0 unspecified atom stereocenters. The number of nitrogens with one attached hydrogen (secondary N) is 1. The number of hydroxylamine groups is 1. The fourth-order valence-corrected chi connectivity index (χ4v) is 1.78. The zero-order valence-electron chi connectivity index (χ0n) is 9.70. The minimum atomic E-state index is 0.276. The minimum absolute atomic E-state index is 0.276. The first kappa shape index (κ1) is 12.5. The zero-order valence-corrected chi connectivity index (χ0v) is 10.5. The summed E-state index contributed by atoms with van der Waals surface area (Å²) >= 11 is 6.08. The Bertz CT molecular complexity index is 394. The van der Waals surface area contributed by atoms with E-state index in [0.717, 1.165) is 5.56 Å². The van der Waals surface area contributed by atoms with Gasteiger partial charge in [-0.05, 0) is 30.4 Å². The molecule has 1 aliphatic rings. The average molecular weight is 258 g/mol. The van der Waals surface area contributed by atoms with Crippen molar-refractivity contribution in [2.24, 2.45) is 5.92 Å². The summed E-state index contributed by atoms with van der Waals surface area (Å²) in [7, 11) is 1.59. The molecule has 4 nitrogen and oxygen atoms in total. The summed E-state index contributed by atoms with van der Waals surface area (Å²) in [6, 6.07) is 3.50. The second-order valence-corrected chi connectivity index (χ2v) is 4.59. The van der Waals surface area contributed by atoms with E-state index >= 15 is 0 Å². The van der Waals surface area contributed by atoms with E-state index in [0.29, 0.717) is 29.0 Å². The van der Waals surface area contributed by atoms with Gasteiger partial charge in [0.05, 0.1) is 13.7 Å². The summed E-state index contributed by atoms with van der Waals surface area (Å²) in [6.45, 7) is 0.988. The van der Waals surface area contributed by atoms with Crippen LogP contribution in [-0.4, -0.2) is 18.9 Å². The molecule has 1 aromatic rings. The van der Waals surface area contributed by atoms with Crippen molar-refractivity contribution in [3.63, 3.8) is 0 Å². The van der Waals surface area contributed by atoms with Crippen LogP contribution < -0.4 is 15.0 Å². The van der Waals surface area contributed by atoms with Crippen LogP contribution in [0.5, 0.6) is 11.5 Å². The van der Waals surface area contributed by atoms with Gasteiger partial charge in [-0.3, -0.25) is 0 Å². The van der Waals surface area contributed by atoms with Crippen molar-refractivity contribution in [1.82, 2.24) is 5.48 Å². The maximum absolute atomic E-state index is 8.68. The lowest BCUT2D eigenvalue weighted by molar-refractivity contribution is 0.161. The Balaban J connectivity index is 2.14. The number of hydrogen-bond acceptors (Lipinski definition) is 4. The quantitative estimate of drug-likeness (QED) is 0.770. The third kappa shape index (κ3) is 3.25. The van der Waals surface area contributed by atoms with E-state index in [4.69, 9.17) is 26.3 Å². The molecule has 1 aliphatic carbocycles. The van der Waals surface area contributed by atoms with Crippen molar-refractivity contribution in [3.05, 3.63) is 22.7 Å². The van der Waals surface area contributed by atoms with Crippen LogP contribution in [0.1, 0.15) is 18.4 Å². The van der Waals surface area contributed by atoms with Gasteiger partial charge in [-0.1, -0.05) is 11.6 Å². The van der Waals surface area contributed by atoms with E-state index in [9.17, 15) is 0 Å². The van der Waals surface area contributed by atoms with Crippen LogP contribution in [0.15, 0.2) is 12.1 Å². The van der Waals surface area contributed by atoms with E-state index < -0.39 is 0 Å². The Kier molecular flexibility index (Phi) is 4.10. The summed E-state index contributed by atoms with van der Waals surface area (Å²) in [5, 5.41) is 9.23. The molecule has 0 saturated heterocycles. The molecule has 94 valence electrons. The smallest absolute Gasteiger partial charge is 0.162 e. The van der Waals surface area contributed by atoms with Gasteiger partial charge >= 0.3 is 0 Å². The molecule has 0 atom stereocenters. The van der Waals surface area contributed by atoms with Crippen LogP contribution in [0.25, 0.3) is 0 Å².